The van der Waals surface area contributed by atoms with Crippen molar-refractivity contribution >= 4 is 17.7 Å². The van der Waals surface area contributed by atoms with Gasteiger partial charge in [-0.25, -0.2) is 0 Å². The first-order valence-electron chi connectivity index (χ1n) is 13.9. The monoisotopic (exact) mass is 527 g/mol. The van der Waals surface area contributed by atoms with Gasteiger partial charge in [-0.2, -0.15) is 0 Å². The number of methoxy groups -OCH3 is 1. The van der Waals surface area contributed by atoms with Gasteiger partial charge in [0.05, 0.1) is 24.0 Å². The highest BCUT2D eigenvalue weighted by Crippen LogP contribution is 2.49. The van der Waals surface area contributed by atoms with Crippen LogP contribution in [-0.4, -0.2) is 55.9 Å². The van der Waals surface area contributed by atoms with E-state index in [4.69, 9.17) is 4.74 Å². The van der Waals surface area contributed by atoms with E-state index in [1.807, 2.05) is 41.3 Å². The van der Waals surface area contributed by atoms with Crippen LogP contribution in [0.15, 0.2) is 72.3 Å². The maximum Gasteiger partial charge on any atom is 0.255 e. The largest absolute Gasteiger partial charge is 0.496 e. The summed E-state index contributed by atoms with van der Waals surface area (Å²) in [5, 5.41) is 6.03. The molecule has 204 valence electrons. The van der Waals surface area contributed by atoms with Gasteiger partial charge in [0.1, 0.15) is 5.75 Å². The smallest absolute Gasteiger partial charge is 0.255 e. The Hall–Kier alpha value is -3.87. The van der Waals surface area contributed by atoms with Crippen LogP contribution in [0.25, 0.3) is 0 Å². The Morgan fingerprint density at radius 2 is 1.72 bits per heavy atom. The van der Waals surface area contributed by atoms with Gasteiger partial charge in [-0.3, -0.25) is 14.4 Å². The van der Waals surface area contributed by atoms with E-state index in [0.29, 0.717) is 50.1 Å². The molecule has 2 aliphatic carbocycles. The minimum Gasteiger partial charge on any atom is -0.496 e. The number of allylic oxidation sites excluding steroid dienone is 3. The van der Waals surface area contributed by atoms with Crippen molar-refractivity contribution in [3.8, 4) is 5.75 Å². The van der Waals surface area contributed by atoms with Crippen LogP contribution >= 0.6 is 0 Å². The Morgan fingerprint density at radius 3 is 2.44 bits per heavy atom. The molecule has 2 N–H and O–H groups in total. The number of ether oxygens (including phenoxy) is 1. The normalized spacial score (nSPS) is 22.9. The Labute approximate surface area is 230 Å². The lowest BCUT2D eigenvalue weighted by Crippen LogP contribution is -2.51. The van der Waals surface area contributed by atoms with Crippen LogP contribution in [0.4, 0.5) is 0 Å². The lowest BCUT2D eigenvalue weighted by molar-refractivity contribution is -0.135. The molecule has 0 aromatic heterocycles. The number of hydrogen-bond donors (Lipinski definition) is 2. The molecule has 1 heterocycles. The minimum absolute atomic E-state index is 0.00368. The number of nitrogens with one attached hydrogen (secondary N) is 2. The molecule has 2 aromatic rings. The van der Waals surface area contributed by atoms with Gasteiger partial charge in [0.15, 0.2) is 0 Å². The van der Waals surface area contributed by atoms with E-state index in [1.165, 1.54) is 0 Å². The van der Waals surface area contributed by atoms with Gasteiger partial charge in [-0.15, -0.1) is 0 Å². The second-order valence-electron chi connectivity index (χ2n) is 10.6. The van der Waals surface area contributed by atoms with Crippen molar-refractivity contribution in [1.82, 2.24) is 15.5 Å². The molecule has 2 aromatic carbocycles. The highest BCUT2D eigenvalue weighted by atomic mass is 16.5. The molecule has 0 unspecified atom stereocenters. The summed E-state index contributed by atoms with van der Waals surface area (Å²) in [7, 11) is 3.25. The van der Waals surface area contributed by atoms with Crippen LogP contribution in [0, 0.1) is 0 Å². The third kappa shape index (κ3) is 4.98. The van der Waals surface area contributed by atoms with Crippen molar-refractivity contribution in [3.63, 3.8) is 0 Å². The number of carbonyl (C=O) groups excluding carboxylic acids is 3. The van der Waals surface area contributed by atoms with Crippen LogP contribution in [-0.2, 0) is 15.0 Å². The minimum atomic E-state index is -0.783. The van der Waals surface area contributed by atoms with E-state index in [0.717, 1.165) is 29.5 Å². The van der Waals surface area contributed by atoms with Gasteiger partial charge in [-0.05, 0) is 67.4 Å². The number of likely N-dealkylation sites (tertiary alicyclic amines) is 1. The summed E-state index contributed by atoms with van der Waals surface area (Å²) >= 11 is 0. The molecule has 3 amide bonds. The highest BCUT2D eigenvalue weighted by molar-refractivity contribution is 5.97. The topological polar surface area (TPSA) is 87.7 Å². The van der Waals surface area contributed by atoms with Crippen LogP contribution in [0.2, 0.25) is 0 Å². The summed E-state index contributed by atoms with van der Waals surface area (Å²) in [5.41, 5.74) is 2.64. The summed E-state index contributed by atoms with van der Waals surface area (Å²) in [6, 6.07) is 15.1. The second kappa shape index (κ2) is 11.5. The SMILES string of the molecule is CNC(=O)[C@@]1(C2=CCCC=C2)CC[C@H](C(=O)N2CCC(NC(=O)c3ccccc3OC)CC2)c2ccccc21. The number of piperidine rings is 1. The Bertz CT molecular complexity index is 1310. The molecule has 7 nitrogen and oxygen atoms in total. The second-order valence-corrected chi connectivity index (χ2v) is 10.6. The zero-order valence-corrected chi connectivity index (χ0v) is 22.7. The van der Waals surface area contributed by atoms with Crippen LogP contribution in [0.5, 0.6) is 5.75 Å². The molecule has 5 rings (SSSR count). The predicted octanol–water partition coefficient (Wildman–Crippen LogP) is 4.25. The summed E-state index contributed by atoms with van der Waals surface area (Å²) in [6.07, 6.45) is 10.9. The van der Waals surface area contributed by atoms with Crippen molar-refractivity contribution in [1.29, 1.82) is 0 Å². The maximum atomic E-state index is 13.9. The van der Waals surface area contributed by atoms with Crippen LogP contribution < -0.4 is 15.4 Å². The molecular weight excluding hydrogens is 490 g/mol. The highest BCUT2D eigenvalue weighted by Gasteiger charge is 2.49. The van der Waals surface area contributed by atoms with Gasteiger partial charge in [-0.1, -0.05) is 54.6 Å². The number of rotatable bonds is 6. The lowest BCUT2D eigenvalue weighted by Gasteiger charge is -2.43. The molecule has 2 atom stereocenters. The average Bonchev–Trinajstić information content (AvgIpc) is 3.00. The van der Waals surface area contributed by atoms with Gasteiger partial charge < -0.3 is 20.3 Å². The average molecular weight is 528 g/mol. The molecule has 1 aliphatic heterocycles. The van der Waals surface area contributed by atoms with E-state index in [9.17, 15) is 14.4 Å². The van der Waals surface area contributed by atoms with Crippen molar-refractivity contribution < 1.29 is 19.1 Å². The Kier molecular flexibility index (Phi) is 7.87. The van der Waals surface area contributed by atoms with E-state index in [-0.39, 0.29) is 29.7 Å². The molecule has 0 saturated carbocycles. The van der Waals surface area contributed by atoms with Crippen molar-refractivity contribution in [2.24, 2.45) is 0 Å². The van der Waals surface area contributed by atoms with E-state index in [2.05, 4.69) is 28.9 Å². The summed E-state index contributed by atoms with van der Waals surface area (Å²) < 4.78 is 5.33. The zero-order chi connectivity index (χ0) is 27.4. The summed E-state index contributed by atoms with van der Waals surface area (Å²) in [4.78, 5) is 42.1. The first kappa shape index (κ1) is 26.7. The molecule has 0 bridgehead atoms. The number of fused-ring (bicyclic) bond motifs is 1. The number of para-hydroxylation sites is 1. The van der Waals surface area contributed by atoms with E-state index < -0.39 is 5.41 Å². The first-order valence-corrected chi connectivity index (χ1v) is 13.9. The number of nitrogens with zero attached hydrogens (tertiary/aromatic N) is 1. The summed E-state index contributed by atoms with van der Waals surface area (Å²) in [6.45, 7) is 1.17. The van der Waals surface area contributed by atoms with Crippen molar-refractivity contribution in [3.05, 3.63) is 89.0 Å². The van der Waals surface area contributed by atoms with Crippen molar-refractivity contribution in [2.45, 2.75) is 55.9 Å². The Balaban J connectivity index is 1.31. The number of amides is 3. The summed E-state index contributed by atoms with van der Waals surface area (Å²) in [5.74, 6) is 0.189. The first-order chi connectivity index (χ1) is 19.0. The molecule has 39 heavy (non-hydrogen) atoms. The molecule has 0 spiro atoms. The Morgan fingerprint density at radius 1 is 0.974 bits per heavy atom. The number of hydrogen-bond acceptors (Lipinski definition) is 4. The lowest BCUT2D eigenvalue weighted by atomic mass is 9.61. The van der Waals surface area contributed by atoms with Crippen LogP contribution in [0.1, 0.15) is 65.9 Å². The zero-order valence-electron chi connectivity index (χ0n) is 22.7. The quantitative estimate of drug-likeness (QED) is 0.588. The third-order valence-electron chi connectivity index (χ3n) is 8.50. The van der Waals surface area contributed by atoms with Gasteiger partial charge in [0, 0.05) is 26.2 Å². The fourth-order valence-electron chi connectivity index (χ4n) is 6.47. The maximum absolute atomic E-state index is 13.9. The van der Waals surface area contributed by atoms with Crippen LogP contribution in [0.3, 0.4) is 0 Å². The van der Waals surface area contributed by atoms with E-state index in [1.54, 1.807) is 26.3 Å². The number of likely N-dealkylation sites (N-methyl/N-ethyl adjacent to an activating group) is 1. The van der Waals surface area contributed by atoms with Gasteiger partial charge in [0.25, 0.3) is 5.91 Å². The molecule has 0 radical (unpaired) electrons. The fourth-order valence-corrected chi connectivity index (χ4v) is 6.47. The molecule has 1 saturated heterocycles. The van der Waals surface area contributed by atoms with Gasteiger partial charge >= 0.3 is 0 Å². The number of benzene rings is 2. The standard InChI is InChI=1S/C32H37N3O4/c1-33-31(38)32(22-10-4-3-5-11-22)19-16-25(24-12-6-8-14-27(24)32)30(37)35-20-17-23(18-21-35)34-29(36)26-13-7-9-15-28(26)39-2/h4,6-15,23,25H,3,5,16-21H2,1-2H3,(H,33,38)(H,34,36)/t25-,32+/m0/s1. The number of carbonyl (C=O) groups is 3. The molecular formula is C32H37N3O4. The molecule has 1 fully saturated rings. The van der Waals surface area contributed by atoms with Gasteiger partial charge in [0.2, 0.25) is 11.8 Å². The third-order valence-corrected chi connectivity index (χ3v) is 8.50. The molecule has 3 aliphatic rings. The molecule has 7 heteroatoms. The van der Waals surface area contributed by atoms with Crippen molar-refractivity contribution in [2.75, 3.05) is 27.2 Å². The predicted molar refractivity (Wildman–Crippen MR) is 151 cm³/mol. The fraction of sp³-hybridized carbons (Fsp3) is 0.406. The van der Waals surface area contributed by atoms with E-state index >= 15 is 0 Å².